The molecule has 0 fully saturated rings. The Morgan fingerprint density at radius 3 is 2.38 bits per heavy atom. The van der Waals surface area contributed by atoms with Gasteiger partial charge in [-0.3, -0.25) is 0 Å². The second kappa shape index (κ2) is 4.35. The highest BCUT2D eigenvalue weighted by Crippen LogP contribution is 2.20. The predicted molar refractivity (Wildman–Crippen MR) is 68.2 cm³/mol. The Balaban J connectivity index is 2.27. The van der Waals surface area contributed by atoms with Crippen LogP contribution in [-0.2, 0) is 0 Å². The van der Waals surface area contributed by atoms with Crippen LogP contribution in [0.3, 0.4) is 0 Å². The topological polar surface area (TPSA) is 24.9 Å². The first-order chi connectivity index (χ1) is 7.65. The molecule has 0 spiro atoms. The number of rotatable bonds is 2. The van der Waals surface area contributed by atoms with Crippen LogP contribution >= 0.6 is 0 Å². The molecule has 0 aliphatic carbocycles. The van der Waals surface area contributed by atoms with E-state index >= 15 is 0 Å². The minimum Gasteiger partial charge on any atom is -0.340 e. The van der Waals surface area contributed by atoms with Crippen LogP contribution in [0.5, 0.6) is 0 Å². The fourth-order valence-electron chi connectivity index (χ4n) is 1.70. The van der Waals surface area contributed by atoms with E-state index in [1.54, 1.807) is 0 Å². The number of benzene rings is 1. The third kappa shape index (κ3) is 2.40. The van der Waals surface area contributed by atoms with Crippen LogP contribution in [0.25, 0.3) is 0 Å². The molecule has 2 rings (SSSR count). The zero-order valence-electron chi connectivity index (χ0n) is 9.91. The van der Waals surface area contributed by atoms with Gasteiger partial charge in [-0.2, -0.15) is 0 Å². The lowest BCUT2D eigenvalue weighted by Gasteiger charge is -2.09. The molecule has 2 aromatic rings. The van der Waals surface area contributed by atoms with Gasteiger partial charge in [0.1, 0.15) is 5.82 Å². The van der Waals surface area contributed by atoms with Crippen molar-refractivity contribution in [3.05, 3.63) is 53.2 Å². The first kappa shape index (κ1) is 10.7. The van der Waals surface area contributed by atoms with Gasteiger partial charge in [-0.15, -0.1) is 0 Å². The van der Waals surface area contributed by atoms with Crippen LogP contribution < -0.4 is 5.32 Å². The van der Waals surface area contributed by atoms with E-state index in [4.69, 9.17) is 0 Å². The van der Waals surface area contributed by atoms with E-state index in [9.17, 15) is 0 Å². The van der Waals surface area contributed by atoms with Crippen LogP contribution in [-0.4, -0.2) is 4.98 Å². The molecule has 0 aliphatic rings. The average Bonchev–Trinajstić information content (AvgIpc) is 2.22. The van der Waals surface area contributed by atoms with E-state index in [0.29, 0.717) is 0 Å². The van der Waals surface area contributed by atoms with Gasteiger partial charge in [0.2, 0.25) is 0 Å². The smallest absolute Gasteiger partial charge is 0.130 e. The summed E-state index contributed by atoms with van der Waals surface area (Å²) in [7, 11) is 0. The standard InChI is InChI=1S/C14H16N2/c1-10-4-5-13(12(3)8-10)16-14-9-11(2)6-7-15-14/h4-9H,1-3H3,(H,15,16). The van der Waals surface area contributed by atoms with E-state index in [-0.39, 0.29) is 0 Å². The quantitative estimate of drug-likeness (QED) is 0.820. The minimum atomic E-state index is 0.895. The molecule has 2 nitrogen and oxygen atoms in total. The van der Waals surface area contributed by atoms with Gasteiger partial charge in [-0.25, -0.2) is 4.98 Å². The summed E-state index contributed by atoms with van der Waals surface area (Å²) in [5.41, 5.74) is 4.84. The highest BCUT2D eigenvalue weighted by molar-refractivity contribution is 5.61. The van der Waals surface area contributed by atoms with Gasteiger partial charge in [-0.05, 0) is 50.1 Å². The second-order valence-electron chi connectivity index (χ2n) is 4.16. The minimum absolute atomic E-state index is 0.895. The van der Waals surface area contributed by atoms with Gasteiger partial charge in [-0.1, -0.05) is 17.7 Å². The van der Waals surface area contributed by atoms with Crippen molar-refractivity contribution in [3.63, 3.8) is 0 Å². The maximum Gasteiger partial charge on any atom is 0.130 e. The third-order valence-electron chi connectivity index (χ3n) is 2.56. The summed E-state index contributed by atoms with van der Waals surface area (Å²) in [5.74, 6) is 0.895. The van der Waals surface area contributed by atoms with Crippen LogP contribution in [0.1, 0.15) is 16.7 Å². The molecule has 1 aromatic heterocycles. The number of hydrogen-bond acceptors (Lipinski definition) is 2. The largest absolute Gasteiger partial charge is 0.340 e. The van der Waals surface area contributed by atoms with E-state index < -0.39 is 0 Å². The van der Waals surface area contributed by atoms with Crippen molar-refractivity contribution >= 4 is 11.5 Å². The van der Waals surface area contributed by atoms with Gasteiger partial charge >= 0.3 is 0 Å². The normalized spacial score (nSPS) is 10.2. The predicted octanol–water partition coefficient (Wildman–Crippen LogP) is 3.75. The lowest BCUT2D eigenvalue weighted by atomic mass is 10.1. The van der Waals surface area contributed by atoms with Crippen molar-refractivity contribution < 1.29 is 0 Å². The Hall–Kier alpha value is -1.83. The molecule has 0 aliphatic heterocycles. The van der Waals surface area contributed by atoms with Crippen LogP contribution in [0.2, 0.25) is 0 Å². The molecular weight excluding hydrogens is 196 g/mol. The van der Waals surface area contributed by atoms with Gasteiger partial charge in [0.15, 0.2) is 0 Å². The van der Waals surface area contributed by atoms with Gasteiger partial charge < -0.3 is 5.32 Å². The van der Waals surface area contributed by atoms with E-state index in [0.717, 1.165) is 11.5 Å². The molecule has 82 valence electrons. The number of aryl methyl sites for hydroxylation is 3. The summed E-state index contributed by atoms with van der Waals surface area (Å²) in [6.45, 7) is 6.27. The molecule has 0 unspecified atom stereocenters. The number of anilines is 2. The van der Waals surface area contributed by atoms with E-state index in [1.165, 1.54) is 16.7 Å². The van der Waals surface area contributed by atoms with Crippen LogP contribution in [0.4, 0.5) is 11.5 Å². The average molecular weight is 212 g/mol. The molecule has 0 radical (unpaired) electrons. The summed E-state index contributed by atoms with van der Waals surface area (Å²) in [6, 6.07) is 10.4. The Labute approximate surface area is 96.4 Å². The Kier molecular flexibility index (Phi) is 2.91. The van der Waals surface area contributed by atoms with Crippen molar-refractivity contribution in [2.24, 2.45) is 0 Å². The van der Waals surface area contributed by atoms with Crippen LogP contribution in [0.15, 0.2) is 36.5 Å². The summed E-state index contributed by atoms with van der Waals surface area (Å²) in [5, 5.41) is 3.33. The molecule has 1 heterocycles. The summed E-state index contributed by atoms with van der Waals surface area (Å²) >= 11 is 0. The molecule has 1 N–H and O–H groups in total. The highest BCUT2D eigenvalue weighted by atomic mass is 15.0. The molecule has 0 amide bonds. The summed E-state index contributed by atoms with van der Waals surface area (Å²) in [6.07, 6.45) is 1.82. The monoisotopic (exact) mass is 212 g/mol. The van der Waals surface area contributed by atoms with Crippen LogP contribution in [0, 0.1) is 20.8 Å². The number of aromatic nitrogens is 1. The van der Waals surface area contributed by atoms with Crippen molar-refractivity contribution in [1.82, 2.24) is 4.98 Å². The molecule has 0 saturated carbocycles. The SMILES string of the molecule is Cc1ccnc(Nc2ccc(C)cc2C)c1. The molecule has 0 atom stereocenters. The molecule has 2 heteroatoms. The maximum absolute atomic E-state index is 4.29. The molecule has 0 saturated heterocycles. The Bertz CT molecular complexity index is 504. The number of nitrogens with one attached hydrogen (secondary N) is 1. The summed E-state index contributed by atoms with van der Waals surface area (Å²) in [4.78, 5) is 4.29. The first-order valence-corrected chi connectivity index (χ1v) is 5.42. The van der Waals surface area contributed by atoms with Crippen molar-refractivity contribution in [1.29, 1.82) is 0 Å². The number of hydrogen-bond donors (Lipinski definition) is 1. The Morgan fingerprint density at radius 2 is 1.69 bits per heavy atom. The lowest BCUT2D eigenvalue weighted by Crippen LogP contribution is -1.96. The van der Waals surface area contributed by atoms with Crippen molar-refractivity contribution in [3.8, 4) is 0 Å². The highest BCUT2D eigenvalue weighted by Gasteiger charge is 1.99. The molecule has 16 heavy (non-hydrogen) atoms. The fraction of sp³-hybridized carbons (Fsp3) is 0.214. The van der Waals surface area contributed by atoms with E-state index in [2.05, 4.69) is 49.3 Å². The molecule has 1 aromatic carbocycles. The fourth-order valence-corrected chi connectivity index (χ4v) is 1.70. The lowest BCUT2D eigenvalue weighted by molar-refractivity contribution is 1.26. The van der Waals surface area contributed by atoms with E-state index in [1.807, 2.05) is 18.3 Å². The second-order valence-corrected chi connectivity index (χ2v) is 4.16. The zero-order valence-corrected chi connectivity index (χ0v) is 9.91. The van der Waals surface area contributed by atoms with Gasteiger partial charge in [0.05, 0.1) is 0 Å². The van der Waals surface area contributed by atoms with Crippen molar-refractivity contribution in [2.75, 3.05) is 5.32 Å². The number of pyridine rings is 1. The Morgan fingerprint density at radius 1 is 0.938 bits per heavy atom. The van der Waals surface area contributed by atoms with Crippen molar-refractivity contribution in [2.45, 2.75) is 20.8 Å². The zero-order chi connectivity index (χ0) is 11.5. The number of nitrogens with zero attached hydrogens (tertiary/aromatic N) is 1. The molecular formula is C14H16N2. The maximum atomic E-state index is 4.29. The third-order valence-corrected chi connectivity index (χ3v) is 2.56. The summed E-state index contributed by atoms with van der Waals surface area (Å²) < 4.78 is 0. The van der Waals surface area contributed by atoms with Gasteiger partial charge in [0, 0.05) is 11.9 Å². The van der Waals surface area contributed by atoms with Gasteiger partial charge in [0.25, 0.3) is 0 Å². The first-order valence-electron chi connectivity index (χ1n) is 5.42. The molecule has 0 bridgehead atoms.